The molecule has 0 radical (unpaired) electrons. The molecule has 300 valence electrons. The van der Waals surface area contributed by atoms with Crippen molar-refractivity contribution in [2.45, 2.75) is 82.6 Å². The standard InChI is InChI=1S/C36H35ClF8N8O3/c1-33(2,3)16-35(21-7-4-18(12-23(21)38)20-6-9-24(27(39)40)47-14-20)30(54)52(31(46)50-35)26(15-56-32(55)51-34(10-11-34)36(43,44)45)19-5-8-22(37)25(13-19)53-29(28(41)42)48-17-49-53/h4-6,8-9,12-14,17,21,26-28H,7,10-11,15-16H2,1-3H3,(H2,46,50)(H,51,55)/t21?,26-,35-/m1/s1. The molecule has 56 heavy (non-hydrogen) atoms. The Hall–Kier alpha value is -5.07. The number of carbonyl (C=O) groups excluding carboxylic acids is 2. The van der Waals surface area contributed by atoms with E-state index in [1.54, 1.807) is 26.8 Å². The Balaban J connectivity index is 1.38. The van der Waals surface area contributed by atoms with Gasteiger partial charge in [-0.15, -0.1) is 0 Å². The van der Waals surface area contributed by atoms with Gasteiger partial charge in [-0.1, -0.05) is 50.6 Å². The second-order valence-electron chi connectivity index (χ2n) is 15.0. The van der Waals surface area contributed by atoms with E-state index in [4.69, 9.17) is 21.7 Å². The summed E-state index contributed by atoms with van der Waals surface area (Å²) in [6.07, 6.45) is -8.35. The van der Waals surface area contributed by atoms with E-state index in [0.717, 1.165) is 28.1 Å². The molecule has 1 unspecified atom stereocenters. The number of nitrogens with one attached hydrogen (secondary N) is 3. The van der Waals surface area contributed by atoms with E-state index in [1.165, 1.54) is 30.5 Å². The van der Waals surface area contributed by atoms with Gasteiger partial charge in [0.2, 0.25) is 0 Å². The molecule has 1 saturated heterocycles. The number of carbonyl (C=O) groups is 2. The Morgan fingerprint density at radius 1 is 1.11 bits per heavy atom. The minimum Gasteiger partial charge on any atom is -0.447 e. The summed E-state index contributed by atoms with van der Waals surface area (Å²) in [6.45, 7) is 4.49. The molecule has 3 heterocycles. The number of nitrogens with zero attached hydrogens (tertiary/aromatic N) is 5. The number of aromatic nitrogens is 4. The van der Waals surface area contributed by atoms with Crippen molar-refractivity contribution in [2.75, 3.05) is 6.61 Å². The molecule has 6 rings (SSSR count). The van der Waals surface area contributed by atoms with E-state index in [2.05, 4.69) is 20.4 Å². The lowest BCUT2D eigenvalue weighted by atomic mass is 9.69. The molecule has 3 atom stereocenters. The zero-order valence-electron chi connectivity index (χ0n) is 29.9. The summed E-state index contributed by atoms with van der Waals surface area (Å²) in [5, 5.41) is 17.5. The largest absolute Gasteiger partial charge is 0.447 e. The van der Waals surface area contributed by atoms with E-state index in [0.29, 0.717) is 11.1 Å². The molecule has 2 amide bonds. The van der Waals surface area contributed by atoms with E-state index in [9.17, 15) is 40.3 Å². The number of halogens is 9. The van der Waals surface area contributed by atoms with Gasteiger partial charge in [-0.3, -0.25) is 20.1 Å². The molecule has 0 bridgehead atoms. The maximum Gasteiger partial charge on any atom is 0.411 e. The van der Waals surface area contributed by atoms with Crippen LogP contribution in [0.25, 0.3) is 11.3 Å². The molecule has 0 spiro atoms. The summed E-state index contributed by atoms with van der Waals surface area (Å²) in [5.41, 5.74) is -5.01. The number of guanidine groups is 1. The number of allylic oxidation sites excluding steroid dienone is 3. The number of rotatable bonds is 11. The zero-order valence-corrected chi connectivity index (χ0v) is 30.7. The van der Waals surface area contributed by atoms with Crippen molar-refractivity contribution in [3.05, 3.63) is 88.5 Å². The Bertz CT molecular complexity index is 2080. The van der Waals surface area contributed by atoms with Crippen LogP contribution in [0, 0.1) is 16.7 Å². The van der Waals surface area contributed by atoms with Crippen molar-refractivity contribution >= 4 is 35.1 Å². The molecule has 3 aromatic rings. The van der Waals surface area contributed by atoms with Crippen molar-refractivity contribution in [2.24, 2.45) is 11.3 Å². The first kappa shape index (κ1) is 40.6. The lowest BCUT2D eigenvalue weighted by Gasteiger charge is -2.40. The van der Waals surface area contributed by atoms with Crippen LogP contribution in [0.4, 0.5) is 39.9 Å². The molecule has 2 aliphatic carbocycles. The molecule has 2 aromatic heterocycles. The van der Waals surface area contributed by atoms with Gasteiger partial charge >= 0.3 is 12.3 Å². The Morgan fingerprint density at radius 2 is 1.82 bits per heavy atom. The van der Waals surface area contributed by atoms with E-state index in [-0.39, 0.29) is 42.0 Å². The van der Waals surface area contributed by atoms with Crippen LogP contribution in [-0.2, 0) is 9.53 Å². The van der Waals surface area contributed by atoms with Gasteiger partial charge in [0.15, 0.2) is 11.8 Å². The second kappa shape index (κ2) is 14.8. The fraction of sp³-hybridized carbons (Fsp3) is 0.444. The fourth-order valence-corrected chi connectivity index (χ4v) is 7.25. The average molecular weight is 815 g/mol. The SMILES string of the molecule is CC(C)(C)C[C@]1(C2CC=C(c3ccc(C(F)F)nc3)C=C2F)NC(=N)N([C@H](COC(=O)NC2(C(F)(F)F)CC2)c2ccc(Cl)c(-n3ncnc3C(F)F)c2)C1=O. The summed E-state index contributed by atoms with van der Waals surface area (Å²) < 4.78 is 117. The van der Waals surface area contributed by atoms with Crippen LogP contribution in [0.15, 0.2) is 60.8 Å². The Kier molecular flexibility index (Phi) is 10.7. The lowest BCUT2D eigenvalue weighted by molar-refractivity contribution is -0.164. The van der Waals surface area contributed by atoms with Crippen LogP contribution in [0.1, 0.15) is 88.0 Å². The van der Waals surface area contributed by atoms with Crippen molar-refractivity contribution < 1.29 is 49.4 Å². The predicted octanol–water partition coefficient (Wildman–Crippen LogP) is 8.55. The average Bonchev–Trinajstić information content (AvgIpc) is 3.66. The summed E-state index contributed by atoms with van der Waals surface area (Å²) in [6, 6.07) is 4.78. The Labute approximate surface area is 319 Å². The first-order chi connectivity index (χ1) is 26.2. The number of alkyl halides is 7. The van der Waals surface area contributed by atoms with Crippen molar-refractivity contribution in [3.63, 3.8) is 0 Å². The quantitative estimate of drug-likeness (QED) is 0.165. The molecule has 3 aliphatic rings. The highest BCUT2D eigenvalue weighted by Crippen LogP contribution is 2.49. The molecule has 1 aliphatic heterocycles. The summed E-state index contributed by atoms with van der Waals surface area (Å²) in [7, 11) is 0. The molecule has 20 heteroatoms. The number of pyridine rings is 1. The van der Waals surface area contributed by atoms with Crippen LogP contribution < -0.4 is 10.6 Å². The monoisotopic (exact) mass is 814 g/mol. The number of ether oxygens (including phenoxy) is 1. The van der Waals surface area contributed by atoms with E-state index in [1.807, 2.05) is 5.32 Å². The first-order valence-corrected chi connectivity index (χ1v) is 17.6. The van der Waals surface area contributed by atoms with Crippen molar-refractivity contribution in [3.8, 4) is 5.69 Å². The highest BCUT2D eigenvalue weighted by atomic mass is 35.5. The third-order valence-electron chi connectivity index (χ3n) is 9.80. The van der Waals surface area contributed by atoms with Gasteiger partial charge in [0.05, 0.1) is 16.8 Å². The minimum atomic E-state index is -4.78. The van der Waals surface area contributed by atoms with Crippen LogP contribution in [0.2, 0.25) is 5.02 Å². The van der Waals surface area contributed by atoms with Crippen molar-refractivity contribution in [1.82, 2.24) is 35.3 Å². The van der Waals surface area contributed by atoms with Crippen LogP contribution in [-0.4, -0.2) is 66.5 Å². The van der Waals surface area contributed by atoms with E-state index >= 15 is 4.39 Å². The van der Waals surface area contributed by atoms with E-state index < -0.39 is 89.4 Å². The molecular formula is C36H35ClF8N8O3. The van der Waals surface area contributed by atoms with Crippen molar-refractivity contribution in [1.29, 1.82) is 5.41 Å². The topological polar surface area (TPSA) is 138 Å². The van der Waals surface area contributed by atoms with Gasteiger partial charge in [-0.2, -0.15) is 18.3 Å². The fourth-order valence-electron chi connectivity index (χ4n) is 7.06. The van der Waals surface area contributed by atoms with Crippen LogP contribution in [0.5, 0.6) is 0 Å². The first-order valence-electron chi connectivity index (χ1n) is 17.2. The number of hydrogen-bond acceptors (Lipinski definition) is 7. The minimum absolute atomic E-state index is 0.0258. The van der Waals surface area contributed by atoms with Crippen LogP contribution in [0.3, 0.4) is 0 Å². The highest BCUT2D eigenvalue weighted by Gasteiger charge is 2.65. The molecule has 1 saturated carbocycles. The third-order valence-corrected chi connectivity index (χ3v) is 10.1. The van der Waals surface area contributed by atoms with Gasteiger partial charge in [0.25, 0.3) is 18.8 Å². The molecular weight excluding hydrogens is 780 g/mol. The predicted molar refractivity (Wildman–Crippen MR) is 186 cm³/mol. The van der Waals surface area contributed by atoms with Gasteiger partial charge in [-0.25, -0.2) is 36.4 Å². The highest BCUT2D eigenvalue weighted by molar-refractivity contribution is 6.32. The molecule has 3 N–H and O–H groups in total. The zero-order chi connectivity index (χ0) is 41.0. The smallest absolute Gasteiger partial charge is 0.411 e. The number of amides is 2. The van der Waals surface area contributed by atoms with Gasteiger partial charge < -0.3 is 15.4 Å². The summed E-state index contributed by atoms with van der Waals surface area (Å²) >= 11 is 6.39. The Morgan fingerprint density at radius 3 is 2.39 bits per heavy atom. The van der Waals surface area contributed by atoms with Crippen LogP contribution >= 0.6 is 11.6 Å². The second-order valence-corrected chi connectivity index (χ2v) is 15.4. The summed E-state index contributed by atoms with van der Waals surface area (Å²) in [5.74, 6) is -4.26. The summed E-state index contributed by atoms with van der Waals surface area (Å²) in [4.78, 5) is 36.0. The van der Waals surface area contributed by atoms with Gasteiger partial charge in [0.1, 0.15) is 35.5 Å². The number of hydrogen-bond donors (Lipinski definition) is 3. The lowest BCUT2D eigenvalue weighted by Crippen LogP contribution is -2.56. The molecule has 11 nitrogen and oxygen atoms in total. The number of alkyl carbamates (subject to hydrolysis) is 1. The third kappa shape index (κ3) is 7.82. The normalized spacial score (nSPS) is 21.5. The van der Waals surface area contributed by atoms with Gasteiger partial charge in [0, 0.05) is 12.1 Å². The molecule has 2 fully saturated rings. The number of benzene rings is 1. The van der Waals surface area contributed by atoms with Gasteiger partial charge in [-0.05, 0) is 72.1 Å². The molecule has 1 aromatic carbocycles. The maximum atomic E-state index is 16.4. The maximum absolute atomic E-state index is 16.4.